The summed E-state index contributed by atoms with van der Waals surface area (Å²) in [6.45, 7) is 4.24. The number of hydrogen-bond acceptors (Lipinski definition) is 2. The number of hydrogen-bond donors (Lipinski definition) is 0. The van der Waals surface area contributed by atoms with Gasteiger partial charge in [0.1, 0.15) is 0 Å². The predicted molar refractivity (Wildman–Crippen MR) is 87.1 cm³/mol. The van der Waals surface area contributed by atoms with E-state index in [1.165, 1.54) is 37.7 Å². The van der Waals surface area contributed by atoms with Crippen molar-refractivity contribution < 1.29 is 0 Å². The quantitative estimate of drug-likeness (QED) is 0.557. The monoisotopic (exact) mass is 283 g/mol. The summed E-state index contributed by atoms with van der Waals surface area (Å²) in [7, 11) is 0. The zero-order valence-electron chi connectivity index (χ0n) is 12.3. The maximum atomic E-state index is 4.18. The molecule has 2 aromatic rings. The highest BCUT2D eigenvalue weighted by molar-refractivity contribution is 7.10. The Hall–Kier alpha value is -1.59. The molecule has 0 atom stereocenters. The second kappa shape index (κ2) is 7.87. The Bertz CT molecular complexity index is 601. The normalized spacial score (nSPS) is 10.1. The molecule has 0 saturated carbocycles. The van der Waals surface area contributed by atoms with Gasteiger partial charge in [-0.05, 0) is 48.9 Å². The summed E-state index contributed by atoms with van der Waals surface area (Å²) in [5.74, 6) is 6.46. The van der Waals surface area contributed by atoms with Crippen LogP contribution in [0.2, 0.25) is 0 Å². The number of nitrogens with zero attached hydrogens (tertiary/aromatic N) is 1. The summed E-state index contributed by atoms with van der Waals surface area (Å²) in [5, 5.41) is 2.24. The molecule has 2 heterocycles. The average Bonchev–Trinajstić information content (AvgIpc) is 2.89. The van der Waals surface area contributed by atoms with Crippen molar-refractivity contribution in [3.8, 4) is 11.8 Å². The van der Waals surface area contributed by atoms with Crippen molar-refractivity contribution in [2.45, 2.75) is 46.0 Å². The maximum Gasteiger partial charge on any atom is 0.0775 e. The first-order valence-electron chi connectivity index (χ1n) is 7.30. The number of unbranched alkanes of at least 4 members (excludes halogenated alkanes) is 3. The Morgan fingerprint density at radius 1 is 1.15 bits per heavy atom. The largest absolute Gasteiger partial charge is 0.262 e. The van der Waals surface area contributed by atoms with Crippen molar-refractivity contribution in [1.29, 1.82) is 0 Å². The molecule has 0 saturated heterocycles. The molecule has 0 amide bonds. The highest BCUT2D eigenvalue weighted by Crippen LogP contribution is 2.16. The zero-order chi connectivity index (χ0) is 14.2. The van der Waals surface area contributed by atoms with Gasteiger partial charge in [0.05, 0.1) is 4.88 Å². The van der Waals surface area contributed by atoms with E-state index < -0.39 is 0 Å². The lowest BCUT2D eigenvalue weighted by Gasteiger charge is -1.96. The van der Waals surface area contributed by atoms with Crippen LogP contribution in [-0.4, -0.2) is 4.98 Å². The van der Waals surface area contributed by atoms with Crippen molar-refractivity contribution in [3.05, 3.63) is 51.5 Å². The van der Waals surface area contributed by atoms with Crippen LogP contribution in [0.15, 0.2) is 29.8 Å². The van der Waals surface area contributed by atoms with Crippen LogP contribution >= 0.6 is 11.3 Å². The molecular weight excluding hydrogens is 262 g/mol. The van der Waals surface area contributed by atoms with E-state index in [1.54, 1.807) is 11.3 Å². The molecule has 2 aromatic heterocycles. The van der Waals surface area contributed by atoms with E-state index in [1.807, 2.05) is 25.3 Å². The van der Waals surface area contributed by atoms with Crippen LogP contribution in [0.1, 0.15) is 54.3 Å². The van der Waals surface area contributed by atoms with Gasteiger partial charge in [-0.2, -0.15) is 0 Å². The molecule has 0 fully saturated rings. The maximum absolute atomic E-state index is 4.18. The molecule has 0 aliphatic heterocycles. The second-order valence-corrected chi connectivity index (χ2v) is 5.98. The molecule has 20 heavy (non-hydrogen) atoms. The molecule has 0 radical (unpaired) electrons. The minimum Gasteiger partial charge on any atom is -0.262 e. The Labute approximate surface area is 126 Å². The molecule has 0 spiro atoms. The van der Waals surface area contributed by atoms with Crippen LogP contribution in [0.3, 0.4) is 0 Å². The van der Waals surface area contributed by atoms with Crippen molar-refractivity contribution in [2.75, 3.05) is 0 Å². The Kier molecular flexibility index (Phi) is 5.83. The summed E-state index contributed by atoms with van der Waals surface area (Å²) >= 11 is 1.75. The number of aromatic nitrogens is 1. The standard InChI is InChI=1S/C18H21NS/c1-3-4-5-6-7-17-13-18(20-14-17)9-8-16-10-11-19-15(2)12-16/h10-14H,3-7H2,1-2H3. The van der Waals surface area contributed by atoms with Crippen LogP contribution in [-0.2, 0) is 6.42 Å². The molecule has 2 heteroatoms. The summed E-state index contributed by atoms with van der Waals surface area (Å²) < 4.78 is 0. The van der Waals surface area contributed by atoms with Gasteiger partial charge in [0.15, 0.2) is 0 Å². The Balaban J connectivity index is 1.93. The van der Waals surface area contributed by atoms with Crippen molar-refractivity contribution in [1.82, 2.24) is 4.98 Å². The van der Waals surface area contributed by atoms with Crippen LogP contribution in [0.25, 0.3) is 0 Å². The molecule has 0 aliphatic carbocycles. The fraction of sp³-hybridized carbons (Fsp3) is 0.389. The Morgan fingerprint density at radius 3 is 2.85 bits per heavy atom. The lowest BCUT2D eigenvalue weighted by atomic mass is 10.1. The van der Waals surface area contributed by atoms with Gasteiger partial charge in [-0.3, -0.25) is 4.98 Å². The van der Waals surface area contributed by atoms with Crippen molar-refractivity contribution in [2.24, 2.45) is 0 Å². The van der Waals surface area contributed by atoms with Crippen LogP contribution < -0.4 is 0 Å². The summed E-state index contributed by atoms with van der Waals surface area (Å²) in [6.07, 6.45) is 8.27. The summed E-state index contributed by atoms with van der Waals surface area (Å²) in [5.41, 5.74) is 3.48. The number of pyridine rings is 1. The first-order chi connectivity index (χ1) is 9.78. The fourth-order valence-corrected chi connectivity index (χ4v) is 2.88. The molecule has 104 valence electrons. The molecule has 0 unspecified atom stereocenters. The van der Waals surface area contributed by atoms with E-state index in [9.17, 15) is 0 Å². The van der Waals surface area contributed by atoms with Gasteiger partial charge in [0.2, 0.25) is 0 Å². The van der Waals surface area contributed by atoms with Crippen molar-refractivity contribution in [3.63, 3.8) is 0 Å². The highest BCUT2D eigenvalue weighted by atomic mass is 32.1. The minimum atomic E-state index is 1.01. The number of rotatable bonds is 5. The Morgan fingerprint density at radius 2 is 2.05 bits per heavy atom. The van der Waals surface area contributed by atoms with E-state index in [0.29, 0.717) is 0 Å². The molecule has 2 rings (SSSR count). The summed E-state index contributed by atoms with van der Waals surface area (Å²) in [4.78, 5) is 5.34. The van der Waals surface area contributed by atoms with Crippen LogP contribution in [0, 0.1) is 18.8 Å². The summed E-state index contributed by atoms with van der Waals surface area (Å²) in [6, 6.07) is 6.21. The second-order valence-electron chi connectivity index (χ2n) is 5.07. The van der Waals surface area contributed by atoms with Gasteiger partial charge in [-0.25, -0.2) is 0 Å². The smallest absolute Gasteiger partial charge is 0.0775 e. The molecule has 1 nitrogen and oxygen atoms in total. The third kappa shape index (κ3) is 4.83. The highest BCUT2D eigenvalue weighted by Gasteiger charge is 1.98. The molecule has 0 N–H and O–H groups in total. The number of thiophene rings is 1. The predicted octanol–water partition coefficient (Wildman–Crippen LogP) is 4.97. The minimum absolute atomic E-state index is 1.01. The van der Waals surface area contributed by atoms with Crippen molar-refractivity contribution >= 4 is 11.3 Å². The topological polar surface area (TPSA) is 12.9 Å². The van der Waals surface area contributed by atoms with Gasteiger partial charge < -0.3 is 0 Å². The van der Waals surface area contributed by atoms with E-state index in [2.05, 4.69) is 35.2 Å². The third-order valence-electron chi connectivity index (χ3n) is 3.20. The van der Waals surface area contributed by atoms with Gasteiger partial charge >= 0.3 is 0 Å². The van der Waals surface area contributed by atoms with E-state index in [4.69, 9.17) is 0 Å². The number of aryl methyl sites for hydroxylation is 2. The molecular formula is C18H21NS. The van der Waals surface area contributed by atoms with E-state index in [0.717, 1.165) is 16.1 Å². The lowest BCUT2D eigenvalue weighted by molar-refractivity contribution is 0.667. The molecule has 0 aliphatic rings. The third-order valence-corrected chi connectivity index (χ3v) is 4.09. The van der Waals surface area contributed by atoms with Crippen LogP contribution in [0.5, 0.6) is 0 Å². The lowest BCUT2D eigenvalue weighted by Crippen LogP contribution is -1.82. The molecule has 0 aromatic carbocycles. The molecule has 0 bridgehead atoms. The van der Waals surface area contributed by atoms with Crippen LogP contribution in [0.4, 0.5) is 0 Å². The first-order valence-corrected chi connectivity index (χ1v) is 8.18. The van der Waals surface area contributed by atoms with Gasteiger partial charge in [0.25, 0.3) is 0 Å². The van der Waals surface area contributed by atoms with Gasteiger partial charge in [0, 0.05) is 17.5 Å². The zero-order valence-corrected chi connectivity index (χ0v) is 13.1. The van der Waals surface area contributed by atoms with Gasteiger partial charge in [-0.1, -0.05) is 38.0 Å². The van der Waals surface area contributed by atoms with E-state index >= 15 is 0 Å². The fourth-order valence-electron chi connectivity index (χ4n) is 2.09. The van der Waals surface area contributed by atoms with E-state index in [-0.39, 0.29) is 0 Å². The SMILES string of the molecule is CCCCCCc1csc(C#Cc2ccnc(C)c2)c1. The average molecular weight is 283 g/mol. The van der Waals surface area contributed by atoms with Gasteiger partial charge in [-0.15, -0.1) is 11.3 Å². The first kappa shape index (κ1) is 14.8.